The number of benzene rings is 2. The monoisotopic (exact) mass is 464 g/mol. The number of amides is 1. The molecule has 3 aromatic rings. The van der Waals surface area contributed by atoms with Gasteiger partial charge in [-0.05, 0) is 42.3 Å². The van der Waals surface area contributed by atoms with E-state index in [0.29, 0.717) is 27.6 Å². The molecule has 0 fully saturated rings. The first kappa shape index (κ1) is 22.0. The highest BCUT2D eigenvalue weighted by Gasteiger charge is 2.47. The van der Waals surface area contributed by atoms with Crippen LogP contribution in [0.15, 0.2) is 48.7 Å². The maximum atomic E-state index is 13.9. The fourth-order valence-electron chi connectivity index (χ4n) is 3.74. The third kappa shape index (κ3) is 4.12. The van der Waals surface area contributed by atoms with Crippen molar-refractivity contribution in [3.63, 3.8) is 0 Å². The van der Waals surface area contributed by atoms with Gasteiger partial charge in [0.2, 0.25) is 0 Å². The van der Waals surface area contributed by atoms with Crippen LogP contribution in [0.25, 0.3) is 0 Å². The molecule has 1 aliphatic rings. The van der Waals surface area contributed by atoms with E-state index in [1.54, 1.807) is 49.4 Å². The maximum Gasteiger partial charge on any atom is 0.410 e. The number of hydrogen-bond donors (Lipinski definition) is 2. The Balaban J connectivity index is 1.71. The number of aromatic nitrogens is 2. The summed E-state index contributed by atoms with van der Waals surface area (Å²) in [6.45, 7) is 1.74. The highest BCUT2D eigenvalue weighted by molar-refractivity contribution is 6.31. The first-order chi connectivity index (χ1) is 15.2. The van der Waals surface area contributed by atoms with Crippen molar-refractivity contribution < 1.29 is 22.7 Å². The predicted octanol–water partition coefficient (Wildman–Crippen LogP) is 5.77. The molecule has 2 atom stereocenters. The van der Waals surface area contributed by atoms with Gasteiger partial charge in [-0.15, -0.1) is 0 Å². The first-order valence-electron chi connectivity index (χ1n) is 9.80. The van der Waals surface area contributed by atoms with Gasteiger partial charge in [0.1, 0.15) is 17.1 Å². The summed E-state index contributed by atoms with van der Waals surface area (Å²) >= 11 is 6.10. The highest BCUT2D eigenvalue weighted by atomic mass is 35.5. The lowest BCUT2D eigenvalue weighted by molar-refractivity contribution is -0.173. The van der Waals surface area contributed by atoms with Gasteiger partial charge >= 0.3 is 6.18 Å². The second-order valence-electron chi connectivity index (χ2n) is 7.48. The van der Waals surface area contributed by atoms with E-state index >= 15 is 0 Å². The summed E-state index contributed by atoms with van der Waals surface area (Å²) in [5, 5.41) is 10.1. The Morgan fingerprint density at radius 1 is 1.28 bits per heavy atom. The van der Waals surface area contributed by atoms with Gasteiger partial charge in [-0.3, -0.25) is 4.79 Å². The van der Waals surface area contributed by atoms with Gasteiger partial charge in [0, 0.05) is 17.1 Å². The topological polar surface area (TPSA) is 68.2 Å². The lowest BCUT2D eigenvalue weighted by atomic mass is 9.96. The third-order valence-electron chi connectivity index (χ3n) is 5.50. The fraction of sp³-hybridized carbons (Fsp3) is 0.273. The SMILES string of the molecule is COc1cccc([C@H]2C[C@@H](C(F)(F)F)n3ncc(C(=O)Nc4cccc(Cl)c4C)c3N2)c1. The average molecular weight is 465 g/mol. The Kier molecular flexibility index (Phi) is 5.77. The van der Waals surface area contributed by atoms with Crippen LogP contribution in [0.1, 0.15) is 40.0 Å². The number of ether oxygens (including phenoxy) is 1. The normalized spacial score (nSPS) is 17.9. The minimum atomic E-state index is -4.54. The van der Waals surface area contributed by atoms with Crippen molar-refractivity contribution in [2.24, 2.45) is 0 Å². The van der Waals surface area contributed by atoms with E-state index in [-0.39, 0.29) is 17.8 Å². The number of anilines is 2. The number of halogens is 4. The summed E-state index contributed by atoms with van der Waals surface area (Å²) in [7, 11) is 1.49. The lowest BCUT2D eigenvalue weighted by Crippen LogP contribution is -2.36. The molecule has 6 nitrogen and oxygen atoms in total. The molecule has 2 aromatic carbocycles. The molecule has 0 saturated heterocycles. The maximum absolute atomic E-state index is 13.9. The molecule has 0 spiro atoms. The third-order valence-corrected chi connectivity index (χ3v) is 5.90. The Hall–Kier alpha value is -3.20. The molecule has 0 saturated carbocycles. The minimum absolute atomic E-state index is 0.00331. The van der Waals surface area contributed by atoms with E-state index < -0.39 is 24.2 Å². The Bertz CT molecular complexity index is 1160. The molecular weight excluding hydrogens is 445 g/mol. The van der Waals surface area contributed by atoms with E-state index in [0.717, 1.165) is 10.9 Å². The van der Waals surface area contributed by atoms with E-state index in [1.165, 1.54) is 7.11 Å². The van der Waals surface area contributed by atoms with Crippen molar-refractivity contribution in [2.75, 3.05) is 17.7 Å². The Labute approximate surface area is 187 Å². The smallest absolute Gasteiger partial charge is 0.410 e. The average Bonchev–Trinajstić information content (AvgIpc) is 3.19. The van der Waals surface area contributed by atoms with E-state index in [1.807, 2.05) is 0 Å². The molecule has 0 unspecified atom stereocenters. The van der Waals surface area contributed by atoms with Crippen molar-refractivity contribution in [3.05, 3.63) is 70.4 Å². The molecule has 1 amide bonds. The zero-order valence-corrected chi connectivity index (χ0v) is 18.0. The molecule has 0 radical (unpaired) electrons. The molecule has 2 heterocycles. The molecule has 2 N–H and O–H groups in total. The minimum Gasteiger partial charge on any atom is -0.497 e. The summed E-state index contributed by atoms with van der Waals surface area (Å²) in [6, 6.07) is 9.26. The van der Waals surface area contributed by atoms with Crippen molar-refractivity contribution in [2.45, 2.75) is 31.6 Å². The van der Waals surface area contributed by atoms with Gasteiger partial charge in [0.05, 0.1) is 19.3 Å². The van der Waals surface area contributed by atoms with Gasteiger partial charge in [-0.25, -0.2) is 4.68 Å². The number of rotatable bonds is 4. The van der Waals surface area contributed by atoms with Crippen LogP contribution in [0.2, 0.25) is 5.02 Å². The van der Waals surface area contributed by atoms with Gasteiger partial charge in [-0.1, -0.05) is 29.8 Å². The van der Waals surface area contributed by atoms with Crippen LogP contribution < -0.4 is 15.4 Å². The summed E-state index contributed by atoms with van der Waals surface area (Å²) in [5.74, 6) is -0.0544. The number of methoxy groups -OCH3 is 1. The number of fused-ring (bicyclic) bond motifs is 1. The summed E-state index contributed by atoms with van der Waals surface area (Å²) in [6.07, 6.45) is -3.68. The zero-order chi connectivity index (χ0) is 23.0. The first-order valence-corrected chi connectivity index (χ1v) is 10.2. The van der Waals surface area contributed by atoms with Crippen LogP contribution in [-0.2, 0) is 0 Å². The lowest BCUT2D eigenvalue weighted by Gasteiger charge is -2.34. The molecule has 168 valence electrons. The predicted molar refractivity (Wildman–Crippen MR) is 115 cm³/mol. The second kappa shape index (κ2) is 8.38. The number of nitrogens with one attached hydrogen (secondary N) is 2. The highest BCUT2D eigenvalue weighted by Crippen LogP contribution is 2.44. The van der Waals surface area contributed by atoms with Crippen LogP contribution in [-0.4, -0.2) is 29.0 Å². The van der Waals surface area contributed by atoms with Crippen LogP contribution >= 0.6 is 11.6 Å². The molecule has 1 aliphatic heterocycles. The number of hydrogen-bond acceptors (Lipinski definition) is 4. The fourth-order valence-corrected chi connectivity index (χ4v) is 3.91. The number of carbonyl (C=O) groups excluding carboxylic acids is 1. The molecule has 10 heteroatoms. The molecule has 0 aliphatic carbocycles. The number of alkyl halides is 3. The standard InChI is InChI=1S/C22H20ClF3N4O2/c1-12-16(23)7-4-8-17(12)29-21(31)15-11-27-30-19(22(24,25)26)10-18(28-20(15)30)13-5-3-6-14(9-13)32-2/h3-9,11,18-19,28H,10H2,1-2H3,(H,29,31)/t18-,19+/m1/s1. The van der Waals surface area contributed by atoms with Crippen LogP contribution in [0, 0.1) is 6.92 Å². The van der Waals surface area contributed by atoms with Gasteiger partial charge in [0.25, 0.3) is 5.91 Å². The summed E-state index contributed by atoms with van der Waals surface area (Å²) < 4.78 is 47.7. The molecule has 32 heavy (non-hydrogen) atoms. The second-order valence-corrected chi connectivity index (χ2v) is 7.89. The van der Waals surface area contributed by atoms with Gasteiger partial charge in [0.15, 0.2) is 6.04 Å². The molecule has 0 bridgehead atoms. The number of nitrogens with zero attached hydrogens (tertiary/aromatic N) is 2. The van der Waals surface area contributed by atoms with Crippen molar-refractivity contribution in [1.29, 1.82) is 0 Å². The summed E-state index contributed by atoms with van der Waals surface area (Å²) in [4.78, 5) is 13.0. The van der Waals surface area contributed by atoms with Crippen LogP contribution in [0.5, 0.6) is 5.75 Å². The molecule has 1 aromatic heterocycles. The summed E-state index contributed by atoms with van der Waals surface area (Å²) in [5.41, 5.74) is 1.74. The van der Waals surface area contributed by atoms with Gasteiger partial charge < -0.3 is 15.4 Å². The van der Waals surface area contributed by atoms with Crippen LogP contribution in [0.4, 0.5) is 24.7 Å². The van der Waals surface area contributed by atoms with Crippen molar-refractivity contribution >= 4 is 29.0 Å². The Morgan fingerprint density at radius 3 is 2.75 bits per heavy atom. The van der Waals surface area contributed by atoms with E-state index in [4.69, 9.17) is 16.3 Å². The van der Waals surface area contributed by atoms with Crippen molar-refractivity contribution in [3.8, 4) is 5.75 Å². The largest absolute Gasteiger partial charge is 0.497 e. The Morgan fingerprint density at radius 2 is 2.03 bits per heavy atom. The van der Waals surface area contributed by atoms with Gasteiger partial charge in [-0.2, -0.15) is 18.3 Å². The van der Waals surface area contributed by atoms with Crippen LogP contribution in [0.3, 0.4) is 0 Å². The van der Waals surface area contributed by atoms with E-state index in [2.05, 4.69) is 15.7 Å². The zero-order valence-electron chi connectivity index (χ0n) is 17.2. The molecular formula is C22H20ClF3N4O2. The molecule has 4 rings (SSSR count). The van der Waals surface area contributed by atoms with Crippen molar-refractivity contribution in [1.82, 2.24) is 9.78 Å². The number of carbonyl (C=O) groups is 1. The quantitative estimate of drug-likeness (QED) is 0.514. The van der Waals surface area contributed by atoms with E-state index in [9.17, 15) is 18.0 Å².